The van der Waals surface area contributed by atoms with Crippen LogP contribution in [-0.2, 0) is 0 Å². The zero-order valence-corrected chi connectivity index (χ0v) is 7.67. The number of alkyl halides is 1. The third kappa shape index (κ3) is 2.50. The lowest BCUT2D eigenvalue weighted by Gasteiger charge is -2.11. The normalized spacial score (nSPS) is 12.8. The molecule has 0 aliphatic rings. The van der Waals surface area contributed by atoms with Crippen LogP contribution >= 0.6 is 11.6 Å². The predicted octanol–water partition coefficient (Wildman–Crippen LogP) is 2.39. The molecule has 1 nitrogen and oxygen atoms in total. The highest BCUT2D eigenvalue weighted by Crippen LogP contribution is 2.19. The van der Waals surface area contributed by atoms with Crippen LogP contribution in [-0.4, -0.2) is 17.6 Å². The van der Waals surface area contributed by atoms with Crippen molar-refractivity contribution in [2.24, 2.45) is 0 Å². The van der Waals surface area contributed by atoms with Crippen molar-refractivity contribution in [1.29, 1.82) is 0 Å². The topological polar surface area (TPSA) is 20.2 Å². The minimum atomic E-state index is 0.201. The summed E-state index contributed by atoms with van der Waals surface area (Å²) >= 11 is 5.77. The van der Waals surface area contributed by atoms with Crippen molar-refractivity contribution in [3.8, 4) is 0 Å². The quantitative estimate of drug-likeness (QED) is 0.713. The molecule has 66 valence electrons. The van der Waals surface area contributed by atoms with E-state index in [2.05, 4.69) is 0 Å². The molecule has 1 aromatic rings. The summed E-state index contributed by atoms with van der Waals surface area (Å²) in [6.45, 7) is 0.201. The van der Waals surface area contributed by atoms with Gasteiger partial charge in [0, 0.05) is 12.5 Å². The summed E-state index contributed by atoms with van der Waals surface area (Å²) in [5.74, 6) is 0.864. The Hall–Kier alpha value is -0.530. The molecule has 1 N–H and O–H groups in total. The summed E-state index contributed by atoms with van der Waals surface area (Å²) in [6.07, 6.45) is 0.744. The Labute approximate surface area is 78.0 Å². The molecule has 1 unspecified atom stereocenters. The second-order valence-corrected chi connectivity index (χ2v) is 3.08. The van der Waals surface area contributed by atoms with E-state index in [1.54, 1.807) is 0 Å². The summed E-state index contributed by atoms with van der Waals surface area (Å²) in [7, 11) is 0. The largest absolute Gasteiger partial charge is 0.396 e. The molecule has 2 heteroatoms. The molecule has 0 aromatic heterocycles. The van der Waals surface area contributed by atoms with Gasteiger partial charge in [-0.25, -0.2) is 0 Å². The van der Waals surface area contributed by atoms with E-state index in [-0.39, 0.29) is 12.5 Å². The zero-order chi connectivity index (χ0) is 8.81. The fraction of sp³-hybridized carbons (Fsp3) is 0.400. The maximum absolute atomic E-state index is 8.77. The van der Waals surface area contributed by atoms with E-state index in [0.29, 0.717) is 5.88 Å². The van der Waals surface area contributed by atoms with Gasteiger partial charge in [-0.2, -0.15) is 0 Å². The Balaban J connectivity index is 2.66. The first-order chi connectivity index (χ1) is 5.88. The summed E-state index contributed by atoms with van der Waals surface area (Å²) in [5, 5.41) is 8.77. The standard InChI is InChI=1S/C10H13ClO/c11-8-10(6-7-12)9-4-2-1-3-5-9/h1-5,10,12H,6-8H2. The number of halogens is 1. The fourth-order valence-electron chi connectivity index (χ4n) is 1.21. The Kier molecular flexibility index (Phi) is 4.12. The highest BCUT2D eigenvalue weighted by Gasteiger charge is 2.07. The first-order valence-corrected chi connectivity index (χ1v) is 4.63. The van der Waals surface area contributed by atoms with Crippen LogP contribution in [0.25, 0.3) is 0 Å². The molecule has 0 spiro atoms. The van der Waals surface area contributed by atoms with E-state index in [0.717, 1.165) is 6.42 Å². The van der Waals surface area contributed by atoms with Crippen LogP contribution < -0.4 is 0 Å². The van der Waals surface area contributed by atoms with E-state index in [1.165, 1.54) is 5.56 Å². The van der Waals surface area contributed by atoms with Crippen LogP contribution in [0, 0.1) is 0 Å². The first kappa shape index (κ1) is 9.56. The molecule has 1 aromatic carbocycles. The van der Waals surface area contributed by atoms with Gasteiger partial charge in [0.05, 0.1) is 0 Å². The third-order valence-electron chi connectivity index (χ3n) is 1.93. The van der Waals surface area contributed by atoms with Gasteiger partial charge >= 0.3 is 0 Å². The van der Waals surface area contributed by atoms with E-state index >= 15 is 0 Å². The van der Waals surface area contributed by atoms with Crippen molar-refractivity contribution in [3.05, 3.63) is 35.9 Å². The predicted molar refractivity (Wildman–Crippen MR) is 51.6 cm³/mol. The van der Waals surface area contributed by atoms with Crippen molar-refractivity contribution in [3.63, 3.8) is 0 Å². The van der Waals surface area contributed by atoms with Crippen molar-refractivity contribution in [2.45, 2.75) is 12.3 Å². The fourth-order valence-corrected chi connectivity index (χ4v) is 1.55. The average Bonchev–Trinajstić information content (AvgIpc) is 2.15. The number of hydrogen-bond acceptors (Lipinski definition) is 1. The molecule has 0 saturated carbocycles. The van der Waals surface area contributed by atoms with Gasteiger partial charge in [0.2, 0.25) is 0 Å². The maximum atomic E-state index is 8.77. The molecule has 0 saturated heterocycles. The third-order valence-corrected chi connectivity index (χ3v) is 2.31. The summed E-state index contributed by atoms with van der Waals surface area (Å²) in [5.41, 5.74) is 1.21. The summed E-state index contributed by atoms with van der Waals surface area (Å²) < 4.78 is 0. The molecule has 0 bridgehead atoms. The number of aliphatic hydroxyl groups excluding tert-OH is 1. The second-order valence-electron chi connectivity index (χ2n) is 2.77. The highest BCUT2D eigenvalue weighted by atomic mass is 35.5. The van der Waals surface area contributed by atoms with Gasteiger partial charge in [0.1, 0.15) is 0 Å². The maximum Gasteiger partial charge on any atom is 0.0437 e. The van der Waals surface area contributed by atoms with Gasteiger partial charge in [0.15, 0.2) is 0 Å². The van der Waals surface area contributed by atoms with Gasteiger partial charge in [0.25, 0.3) is 0 Å². The monoisotopic (exact) mass is 184 g/mol. The van der Waals surface area contributed by atoms with Crippen molar-refractivity contribution >= 4 is 11.6 Å². The minimum absolute atomic E-state index is 0.201. The van der Waals surface area contributed by atoms with Crippen LogP contribution in [0.15, 0.2) is 30.3 Å². The van der Waals surface area contributed by atoms with Gasteiger partial charge in [-0.05, 0) is 17.9 Å². The molecule has 0 heterocycles. The Morgan fingerprint density at radius 1 is 1.25 bits per heavy atom. The van der Waals surface area contributed by atoms with Crippen LogP contribution in [0.5, 0.6) is 0 Å². The summed E-state index contributed by atoms with van der Waals surface area (Å²) in [4.78, 5) is 0. The molecule has 0 radical (unpaired) electrons. The molecular formula is C10H13ClO. The lowest BCUT2D eigenvalue weighted by atomic mass is 9.98. The van der Waals surface area contributed by atoms with E-state index < -0.39 is 0 Å². The van der Waals surface area contributed by atoms with Crippen LogP contribution in [0.2, 0.25) is 0 Å². The molecule has 1 rings (SSSR count). The van der Waals surface area contributed by atoms with Crippen LogP contribution in [0.1, 0.15) is 17.9 Å². The number of benzene rings is 1. The number of hydrogen-bond donors (Lipinski definition) is 1. The lowest BCUT2D eigenvalue weighted by molar-refractivity contribution is 0.279. The van der Waals surface area contributed by atoms with E-state index in [9.17, 15) is 0 Å². The van der Waals surface area contributed by atoms with Crippen molar-refractivity contribution < 1.29 is 5.11 Å². The van der Waals surface area contributed by atoms with Crippen LogP contribution in [0.3, 0.4) is 0 Å². The van der Waals surface area contributed by atoms with E-state index in [1.807, 2.05) is 30.3 Å². The molecular weight excluding hydrogens is 172 g/mol. The number of rotatable bonds is 4. The molecule has 12 heavy (non-hydrogen) atoms. The van der Waals surface area contributed by atoms with Gasteiger partial charge in [-0.15, -0.1) is 11.6 Å². The van der Waals surface area contributed by atoms with Crippen LogP contribution in [0.4, 0.5) is 0 Å². The highest BCUT2D eigenvalue weighted by molar-refractivity contribution is 6.18. The second kappa shape index (κ2) is 5.18. The Morgan fingerprint density at radius 2 is 1.92 bits per heavy atom. The average molecular weight is 185 g/mol. The molecule has 0 aliphatic heterocycles. The first-order valence-electron chi connectivity index (χ1n) is 4.10. The van der Waals surface area contributed by atoms with Crippen molar-refractivity contribution in [1.82, 2.24) is 0 Å². The molecule has 0 aliphatic carbocycles. The zero-order valence-electron chi connectivity index (χ0n) is 6.91. The molecule has 0 amide bonds. The van der Waals surface area contributed by atoms with Crippen molar-refractivity contribution in [2.75, 3.05) is 12.5 Å². The molecule has 0 fully saturated rings. The van der Waals surface area contributed by atoms with Gasteiger partial charge in [-0.1, -0.05) is 30.3 Å². The smallest absolute Gasteiger partial charge is 0.0437 e. The Bertz CT molecular complexity index is 210. The SMILES string of the molecule is OCCC(CCl)c1ccccc1. The Morgan fingerprint density at radius 3 is 2.42 bits per heavy atom. The minimum Gasteiger partial charge on any atom is -0.396 e. The lowest BCUT2D eigenvalue weighted by Crippen LogP contribution is -2.02. The van der Waals surface area contributed by atoms with Gasteiger partial charge < -0.3 is 5.11 Å². The summed E-state index contributed by atoms with van der Waals surface area (Å²) in [6, 6.07) is 10.1. The molecule has 1 atom stereocenters. The number of aliphatic hydroxyl groups is 1. The van der Waals surface area contributed by atoms with E-state index in [4.69, 9.17) is 16.7 Å². The van der Waals surface area contributed by atoms with Gasteiger partial charge in [-0.3, -0.25) is 0 Å².